The predicted octanol–water partition coefficient (Wildman–Crippen LogP) is 2.29. The molecule has 3 amide bonds. The van der Waals surface area contributed by atoms with Crippen molar-refractivity contribution in [1.82, 2.24) is 16.0 Å². The van der Waals surface area contributed by atoms with E-state index < -0.39 is 41.6 Å². The van der Waals surface area contributed by atoms with E-state index in [-0.39, 0.29) is 19.1 Å². The zero-order valence-corrected chi connectivity index (χ0v) is 19.7. The highest BCUT2D eigenvalue weighted by atomic mass is 16.6. The Balaban J connectivity index is 2.57. The van der Waals surface area contributed by atoms with Gasteiger partial charge in [-0.25, -0.2) is 4.79 Å². The fourth-order valence-corrected chi connectivity index (χ4v) is 2.68. The molecule has 0 saturated heterocycles. The summed E-state index contributed by atoms with van der Waals surface area (Å²) in [5.41, 5.74) is 0.162. The minimum Gasteiger partial charge on any atom is -0.459 e. The van der Waals surface area contributed by atoms with Crippen LogP contribution in [0.4, 0.5) is 4.79 Å². The van der Waals surface area contributed by atoms with Crippen molar-refractivity contribution in [2.45, 2.75) is 72.3 Å². The second kappa shape index (κ2) is 12.7. The molecule has 0 aliphatic heterocycles. The molecule has 3 N–H and O–H groups in total. The Morgan fingerprint density at radius 1 is 0.938 bits per heavy atom. The molecule has 1 aromatic rings. The van der Waals surface area contributed by atoms with Crippen LogP contribution < -0.4 is 16.0 Å². The first-order valence-electron chi connectivity index (χ1n) is 10.6. The first-order valence-corrected chi connectivity index (χ1v) is 10.6. The van der Waals surface area contributed by atoms with Crippen LogP contribution in [0.5, 0.6) is 0 Å². The molecule has 0 unspecified atom stereocenters. The van der Waals surface area contributed by atoms with Crippen molar-refractivity contribution >= 4 is 23.9 Å². The number of rotatable bonds is 10. The zero-order valence-electron chi connectivity index (χ0n) is 19.7. The number of hydrogen-bond acceptors (Lipinski definition) is 6. The Morgan fingerprint density at radius 2 is 1.56 bits per heavy atom. The highest BCUT2D eigenvalue weighted by Gasteiger charge is 2.26. The van der Waals surface area contributed by atoms with E-state index in [4.69, 9.17) is 9.47 Å². The van der Waals surface area contributed by atoms with Crippen LogP contribution >= 0.6 is 0 Å². The summed E-state index contributed by atoms with van der Waals surface area (Å²) in [6.07, 6.45) is -0.366. The van der Waals surface area contributed by atoms with Gasteiger partial charge in [-0.1, -0.05) is 44.2 Å². The molecule has 1 aromatic carbocycles. The first kappa shape index (κ1) is 26.9. The van der Waals surface area contributed by atoms with E-state index in [0.29, 0.717) is 6.42 Å². The Morgan fingerprint density at radius 3 is 2.12 bits per heavy atom. The Kier molecular flexibility index (Phi) is 10.7. The third-order valence-electron chi connectivity index (χ3n) is 4.11. The van der Waals surface area contributed by atoms with Gasteiger partial charge in [-0.3, -0.25) is 14.4 Å². The summed E-state index contributed by atoms with van der Waals surface area (Å²) < 4.78 is 10.3. The van der Waals surface area contributed by atoms with Gasteiger partial charge in [-0.15, -0.1) is 0 Å². The number of carbonyl (C=O) groups excluding carboxylic acids is 4. The van der Waals surface area contributed by atoms with Gasteiger partial charge in [0.15, 0.2) is 0 Å². The maximum Gasteiger partial charge on any atom is 0.408 e. The highest BCUT2D eigenvalue weighted by Crippen LogP contribution is 2.08. The van der Waals surface area contributed by atoms with Gasteiger partial charge in [-0.2, -0.15) is 0 Å². The lowest BCUT2D eigenvalue weighted by molar-refractivity contribution is -0.154. The van der Waals surface area contributed by atoms with Crippen LogP contribution in [0.2, 0.25) is 0 Å². The molecule has 9 nitrogen and oxygen atoms in total. The van der Waals surface area contributed by atoms with Crippen LogP contribution in [0.15, 0.2) is 30.3 Å². The molecule has 0 heterocycles. The minimum atomic E-state index is -0.915. The summed E-state index contributed by atoms with van der Waals surface area (Å²) >= 11 is 0. The molecule has 0 bridgehead atoms. The van der Waals surface area contributed by atoms with Crippen molar-refractivity contribution in [1.29, 1.82) is 0 Å². The van der Waals surface area contributed by atoms with E-state index in [1.807, 2.05) is 44.2 Å². The molecule has 0 fully saturated rings. The first-order chi connectivity index (χ1) is 14.9. The summed E-state index contributed by atoms with van der Waals surface area (Å²) in [4.78, 5) is 48.8. The van der Waals surface area contributed by atoms with Crippen molar-refractivity contribution in [3.8, 4) is 0 Å². The summed E-state index contributed by atoms with van der Waals surface area (Å²) in [5.74, 6) is -1.53. The van der Waals surface area contributed by atoms with Gasteiger partial charge in [0.2, 0.25) is 11.8 Å². The molecule has 0 aromatic heterocycles. The van der Waals surface area contributed by atoms with Crippen LogP contribution in [-0.2, 0) is 30.5 Å². The largest absolute Gasteiger partial charge is 0.459 e. The molecule has 1 rings (SSSR count). The lowest BCUT2D eigenvalue weighted by Gasteiger charge is -2.23. The molecule has 0 spiro atoms. The van der Waals surface area contributed by atoms with E-state index in [9.17, 15) is 19.2 Å². The van der Waals surface area contributed by atoms with Crippen molar-refractivity contribution in [3.05, 3.63) is 35.9 Å². The van der Waals surface area contributed by atoms with Crippen LogP contribution in [0, 0.1) is 5.92 Å². The van der Waals surface area contributed by atoms with E-state index in [0.717, 1.165) is 5.56 Å². The number of hydrogen-bond donors (Lipinski definition) is 3. The number of esters is 1. The predicted molar refractivity (Wildman–Crippen MR) is 119 cm³/mol. The number of alkyl carbamates (subject to hydrolysis) is 1. The van der Waals surface area contributed by atoms with Crippen molar-refractivity contribution < 1.29 is 28.7 Å². The number of carbonyl (C=O) groups is 4. The van der Waals surface area contributed by atoms with Crippen LogP contribution in [0.1, 0.15) is 53.5 Å². The van der Waals surface area contributed by atoms with Gasteiger partial charge in [0.1, 0.15) is 30.8 Å². The molecular formula is C23H35N3O6. The molecule has 178 valence electrons. The fraction of sp³-hybridized carbons (Fsp3) is 0.565. The third kappa shape index (κ3) is 11.3. The van der Waals surface area contributed by atoms with E-state index in [1.54, 1.807) is 20.8 Å². The smallest absolute Gasteiger partial charge is 0.408 e. The van der Waals surface area contributed by atoms with Crippen LogP contribution in [0.25, 0.3) is 0 Å². The van der Waals surface area contributed by atoms with Gasteiger partial charge in [0.25, 0.3) is 0 Å². The zero-order chi connectivity index (χ0) is 24.3. The van der Waals surface area contributed by atoms with Crippen molar-refractivity contribution in [2.75, 3.05) is 6.54 Å². The molecule has 2 atom stereocenters. The Hall–Kier alpha value is -3.10. The molecule has 0 saturated carbocycles. The third-order valence-corrected chi connectivity index (χ3v) is 4.11. The standard InChI is InChI=1S/C23H35N3O6/c1-15(2)12-18(26-22(30)31-14-17-10-8-7-9-11-17)21(29)25-16(3)20(28)24-13-19(27)32-23(4,5)6/h7-11,15-16,18H,12-14H2,1-6H3,(H,24,28)(H,25,29)(H,26,30)/t16-,18-/m0/s1. The van der Waals surface area contributed by atoms with Gasteiger partial charge in [0.05, 0.1) is 0 Å². The maximum atomic E-state index is 12.7. The summed E-state index contributed by atoms with van der Waals surface area (Å²) in [7, 11) is 0. The summed E-state index contributed by atoms with van der Waals surface area (Å²) in [6, 6.07) is 7.38. The number of nitrogens with one attached hydrogen (secondary N) is 3. The second-order valence-electron chi connectivity index (χ2n) is 8.92. The average molecular weight is 450 g/mol. The van der Waals surface area contributed by atoms with Gasteiger partial charge in [0, 0.05) is 0 Å². The van der Waals surface area contributed by atoms with Crippen LogP contribution in [-0.4, -0.2) is 48.1 Å². The summed E-state index contributed by atoms with van der Waals surface area (Å²) in [6.45, 7) is 10.2. The molecule has 0 radical (unpaired) electrons. The van der Waals surface area contributed by atoms with E-state index in [2.05, 4.69) is 16.0 Å². The average Bonchev–Trinajstić information content (AvgIpc) is 2.69. The number of amides is 3. The molecule has 9 heteroatoms. The minimum absolute atomic E-state index is 0.0756. The van der Waals surface area contributed by atoms with E-state index in [1.165, 1.54) is 6.92 Å². The van der Waals surface area contributed by atoms with Crippen molar-refractivity contribution in [2.24, 2.45) is 5.92 Å². The topological polar surface area (TPSA) is 123 Å². The highest BCUT2D eigenvalue weighted by molar-refractivity contribution is 5.92. The molecule has 0 aliphatic rings. The van der Waals surface area contributed by atoms with Gasteiger partial charge >= 0.3 is 12.1 Å². The monoisotopic (exact) mass is 449 g/mol. The number of ether oxygens (including phenoxy) is 2. The summed E-state index contributed by atoms with van der Waals surface area (Å²) in [5, 5.41) is 7.55. The van der Waals surface area contributed by atoms with Gasteiger partial charge < -0.3 is 25.4 Å². The lowest BCUT2D eigenvalue weighted by Crippen LogP contribution is -2.53. The lowest BCUT2D eigenvalue weighted by atomic mass is 10.0. The molecule has 32 heavy (non-hydrogen) atoms. The SMILES string of the molecule is CC(C)C[C@H](NC(=O)OCc1ccccc1)C(=O)N[C@@H](C)C(=O)NCC(=O)OC(C)(C)C. The van der Waals surface area contributed by atoms with Gasteiger partial charge in [-0.05, 0) is 45.6 Å². The Bertz CT molecular complexity index is 774. The fourth-order valence-electron chi connectivity index (χ4n) is 2.68. The van der Waals surface area contributed by atoms with Crippen molar-refractivity contribution in [3.63, 3.8) is 0 Å². The Labute approximate surface area is 189 Å². The maximum absolute atomic E-state index is 12.7. The number of benzene rings is 1. The second-order valence-corrected chi connectivity index (χ2v) is 8.92. The van der Waals surface area contributed by atoms with Crippen LogP contribution in [0.3, 0.4) is 0 Å². The molecule has 0 aliphatic carbocycles. The molecular weight excluding hydrogens is 414 g/mol. The normalized spacial score (nSPS) is 13.0. The quantitative estimate of drug-likeness (QED) is 0.471. The van der Waals surface area contributed by atoms with E-state index >= 15 is 0 Å².